The second-order valence-electron chi connectivity index (χ2n) is 5.07. The Kier molecular flexibility index (Phi) is 5.85. The summed E-state index contributed by atoms with van der Waals surface area (Å²) >= 11 is 0. The van der Waals surface area contributed by atoms with E-state index in [1.807, 2.05) is 6.07 Å². The van der Waals surface area contributed by atoms with Crippen molar-refractivity contribution in [2.45, 2.75) is 26.3 Å². The lowest BCUT2D eigenvalue weighted by atomic mass is 10.0. The first-order valence-corrected chi connectivity index (χ1v) is 6.47. The highest BCUT2D eigenvalue weighted by Crippen LogP contribution is 2.15. The van der Waals surface area contributed by atoms with Gasteiger partial charge in [-0.15, -0.1) is 0 Å². The third kappa shape index (κ3) is 5.22. The van der Waals surface area contributed by atoms with E-state index in [2.05, 4.69) is 0 Å². The molecule has 0 heterocycles. The number of carboxylic acids is 1. The van der Waals surface area contributed by atoms with Crippen LogP contribution in [0.25, 0.3) is 0 Å². The number of amides is 1. The van der Waals surface area contributed by atoms with Gasteiger partial charge >= 0.3 is 5.97 Å². The summed E-state index contributed by atoms with van der Waals surface area (Å²) in [5.41, 5.74) is 0.585. The Morgan fingerprint density at radius 2 is 2.10 bits per heavy atom. The lowest BCUT2D eigenvalue weighted by Crippen LogP contribution is -2.28. The number of carbonyl (C=O) groups excluding carboxylic acids is 1. The van der Waals surface area contributed by atoms with Gasteiger partial charge in [0.15, 0.2) is 0 Å². The Balaban J connectivity index is 2.68. The summed E-state index contributed by atoms with van der Waals surface area (Å²) in [5.74, 6) is -1.98. The molecule has 0 fully saturated rings. The fraction of sp³-hybridized carbons (Fsp3) is 0.400. The van der Waals surface area contributed by atoms with Gasteiger partial charge in [-0.2, -0.15) is 5.26 Å². The molecular formula is C15H17FN2O3. The predicted molar refractivity (Wildman–Crippen MR) is 73.6 cm³/mol. The summed E-state index contributed by atoms with van der Waals surface area (Å²) in [7, 11) is 1.52. The summed E-state index contributed by atoms with van der Waals surface area (Å²) in [5, 5.41) is 17.5. The van der Waals surface area contributed by atoms with E-state index in [-0.39, 0.29) is 36.8 Å². The first-order chi connectivity index (χ1) is 9.83. The third-order valence-corrected chi connectivity index (χ3v) is 3.05. The van der Waals surface area contributed by atoms with Crippen LogP contribution in [0.15, 0.2) is 18.2 Å². The molecule has 0 bridgehead atoms. The molecule has 1 unspecified atom stereocenters. The van der Waals surface area contributed by atoms with Crippen molar-refractivity contribution < 1.29 is 19.1 Å². The van der Waals surface area contributed by atoms with Crippen LogP contribution in [0.1, 0.15) is 30.9 Å². The number of rotatable bonds is 6. The third-order valence-electron chi connectivity index (χ3n) is 3.05. The molecule has 0 aliphatic carbocycles. The molecule has 5 nitrogen and oxygen atoms in total. The number of hydrogen-bond donors (Lipinski definition) is 1. The molecule has 0 radical (unpaired) electrons. The van der Waals surface area contributed by atoms with Gasteiger partial charge in [-0.1, -0.05) is 6.92 Å². The van der Waals surface area contributed by atoms with Crippen molar-refractivity contribution in [3.63, 3.8) is 0 Å². The first kappa shape index (κ1) is 16.6. The highest BCUT2D eigenvalue weighted by atomic mass is 19.1. The highest BCUT2D eigenvalue weighted by molar-refractivity contribution is 5.77. The van der Waals surface area contributed by atoms with Crippen molar-refractivity contribution in [3.05, 3.63) is 35.1 Å². The summed E-state index contributed by atoms with van der Waals surface area (Å²) in [6.07, 6.45) is 0.000217. The molecule has 1 aromatic rings. The SMILES string of the molecule is CC(CC(=O)O)CC(=O)N(C)Cc1cc(C#N)ccc1F. The van der Waals surface area contributed by atoms with Gasteiger partial charge in [0, 0.05) is 32.0 Å². The van der Waals surface area contributed by atoms with Gasteiger partial charge < -0.3 is 10.0 Å². The van der Waals surface area contributed by atoms with Gasteiger partial charge in [-0.05, 0) is 24.1 Å². The standard InChI is InChI=1S/C15H17FN2O3/c1-10(6-15(20)21)5-14(19)18(2)9-12-7-11(8-17)3-4-13(12)16/h3-4,7,10H,5-6,9H2,1-2H3,(H,20,21). The Labute approximate surface area is 122 Å². The quantitative estimate of drug-likeness (QED) is 0.871. The zero-order chi connectivity index (χ0) is 16.0. The van der Waals surface area contributed by atoms with Crippen LogP contribution in [0.4, 0.5) is 4.39 Å². The van der Waals surface area contributed by atoms with Crippen molar-refractivity contribution in [2.75, 3.05) is 7.05 Å². The number of nitriles is 1. The number of aliphatic carboxylic acids is 1. The van der Waals surface area contributed by atoms with Gasteiger partial charge in [0.2, 0.25) is 5.91 Å². The predicted octanol–water partition coefficient (Wildman–Crippen LogP) is 2.16. The minimum Gasteiger partial charge on any atom is -0.481 e. The van der Waals surface area contributed by atoms with Crippen LogP contribution in [-0.2, 0) is 16.1 Å². The Morgan fingerprint density at radius 1 is 1.43 bits per heavy atom. The molecule has 0 aliphatic rings. The summed E-state index contributed by atoms with van der Waals surface area (Å²) < 4.78 is 13.6. The molecule has 1 atom stereocenters. The van der Waals surface area contributed by atoms with Crippen LogP contribution in [0.5, 0.6) is 0 Å². The summed E-state index contributed by atoms with van der Waals surface area (Å²) in [6, 6.07) is 5.88. The van der Waals surface area contributed by atoms with Crippen molar-refractivity contribution in [3.8, 4) is 6.07 Å². The molecule has 0 aromatic heterocycles. The van der Waals surface area contributed by atoms with Crippen LogP contribution in [0.3, 0.4) is 0 Å². The first-order valence-electron chi connectivity index (χ1n) is 6.47. The summed E-state index contributed by atoms with van der Waals surface area (Å²) in [4.78, 5) is 23.8. The smallest absolute Gasteiger partial charge is 0.303 e. The van der Waals surface area contributed by atoms with Crippen LogP contribution in [0.2, 0.25) is 0 Å². The topological polar surface area (TPSA) is 81.4 Å². The lowest BCUT2D eigenvalue weighted by molar-refractivity contribution is -0.138. The molecule has 1 N–H and O–H groups in total. The van der Waals surface area contributed by atoms with E-state index in [1.54, 1.807) is 6.92 Å². The molecule has 1 amide bonds. The molecule has 0 spiro atoms. The molecule has 0 aliphatic heterocycles. The lowest BCUT2D eigenvalue weighted by Gasteiger charge is -2.19. The Hall–Kier alpha value is -2.42. The van der Waals surface area contributed by atoms with Crippen molar-refractivity contribution in [1.29, 1.82) is 5.26 Å². The second-order valence-corrected chi connectivity index (χ2v) is 5.07. The van der Waals surface area contributed by atoms with E-state index in [0.29, 0.717) is 5.56 Å². The largest absolute Gasteiger partial charge is 0.481 e. The molecular weight excluding hydrogens is 275 g/mol. The number of benzene rings is 1. The summed E-state index contributed by atoms with van der Waals surface area (Å²) in [6.45, 7) is 1.72. The van der Waals surface area contributed by atoms with Gasteiger partial charge in [0.05, 0.1) is 11.6 Å². The van der Waals surface area contributed by atoms with E-state index in [9.17, 15) is 14.0 Å². The van der Waals surface area contributed by atoms with Gasteiger partial charge in [0.25, 0.3) is 0 Å². The maximum absolute atomic E-state index is 13.6. The molecule has 112 valence electrons. The van der Waals surface area contributed by atoms with E-state index < -0.39 is 11.8 Å². The molecule has 0 saturated carbocycles. The van der Waals surface area contributed by atoms with E-state index in [1.165, 1.54) is 30.1 Å². The fourth-order valence-electron chi connectivity index (χ4n) is 1.93. The molecule has 0 saturated heterocycles. The molecule has 21 heavy (non-hydrogen) atoms. The normalized spacial score (nSPS) is 11.5. The fourth-order valence-corrected chi connectivity index (χ4v) is 1.93. The van der Waals surface area contributed by atoms with Gasteiger partial charge in [-0.25, -0.2) is 4.39 Å². The zero-order valence-corrected chi connectivity index (χ0v) is 12.0. The van der Waals surface area contributed by atoms with E-state index in [4.69, 9.17) is 10.4 Å². The van der Waals surface area contributed by atoms with Crippen molar-refractivity contribution >= 4 is 11.9 Å². The second kappa shape index (κ2) is 7.39. The average Bonchev–Trinajstić information content (AvgIpc) is 2.40. The number of carboxylic acid groups (broad SMARTS) is 1. The molecule has 6 heteroatoms. The van der Waals surface area contributed by atoms with Crippen LogP contribution >= 0.6 is 0 Å². The van der Waals surface area contributed by atoms with E-state index in [0.717, 1.165) is 0 Å². The number of nitrogens with zero attached hydrogens (tertiary/aromatic N) is 2. The van der Waals surface area contributed by atoms with Crippen molar-refractivity contribution in [1.82, 2.24) is 4.90 Å². The highest BCUT2D eigenvalue weighted by Gasteiger charge is 2.17. The Bertz CT molecular complexity index is 581. The maximum atomic E-state index is 13.6. The van der Waals surface area contributed by atoms with Crippen LogP contribution in [-0.4, -0.2) is 28.9 Å². The van der Waals surface area contributed by atoms with Crippen molar-refractivity contribution in [2.24, 2.45) is 5.92 Å². The monoisotopic (exact) mass is 292 g/mol. The van der Waals surface area contributed by atoms with Gasteiger partial charge in [0.1, 0.15) is 5.82 Å². The number of carbonyl (C=O) groups is 2. The maximum Gasteiger partial charge on any atom is 0.303 e. The number of halogens is 1. The van der Waals surface area contributed by atoms with Crippen LogP contribution < -0.4 is 0 Å². The number of hydrogen-bond acceptors (Lipinski definition) is 3. The van der Waals surface area contributed by atoms with Gasteiger partial charge in [-0.3, -0.25) is 9.59 Å². The molecule has 1 aromatic carbocycles. The van der Waals surface area contributed by atoms with Crippen LogP contribution in [0, 0.1) is 23.1 Å². The average molecular weight is 292 g/mol. The van der Waals surface area contributed by atoms with E-state index >= 15 is 0 Å². The minimum atomic E-state index is -0.953. The zero-order valence-electron chi connectivity index (χ0n) is 12.0. The molecule has 1 rings (SSSR count). The minimum absolute atomic E-state index is 0.0416. The Morgan fingerprint density at radius 3 is 2.67 bits per heavy atom.